The summed E-state index contributed by atoms with van der Waals surface area (Å²) in [6, 6.07) is 0. The molecule has 7 heteroatoms. The Balaban J connectivity index is 3.27. The highest BCUT2D eigenvalue weighted by atomic mass is 16.5. The zero-order chi connectivity index (χ0) is 10.8. The second-order valence-electron chi connectivity index (χ2n) is 2.33. The number of ether oxygens (including phenoxy) is 2. The number of carbonyl (C=O) groups is 2. The van der Waals surface area contributed by atoms with E-state index in [4.69, 9.17) is 15.3 Å². The van der Waals surface area contributed by atoms with E-state index in [1.807, 2.05) is 0 Å². The van der Waals surface area contributed by atoms with Crippen LogP contribution in [0.2, 0.25) is 0 Å². The van der Waals surface area contributed by atoms with Crippen LogP contribution in [0.4, 0.5) is 0 Å². The van der Waals surface area contributed by atoms with Crippen LogP contribution in [0.3, 0.4) is 0 Å². The Labute approximate surface area is 81.9 Å². The predicted molar refractivity (Wildman–Crippen MR) is 48.0 cm³/mol. The van der Waals surface area contributed by atoms with Crippen molar-refractivity contribution >= 4 is 11.8 Å². The van der Waals surface area contributed by atoms with Crippen LogP contribution in [0.25, 0.3) is 0 Å². The molecule has 0 saturated heterocycles. The summed E-state index contributed by atoms with van der Waals surface area (Å²) < 4.78 is 9.77. The first-order valence-electron chi connectivity index (χ1n) is 4.07. The zero-order valence-electron chi connectivity index (χ0n) is 8.04. The Morgan fingerprint density at radius 1 is 1.21 bits per heavy atom. The molecule has 2 amide bonds. The largest absolute Gasteiger partial charge is 0.382 e. The lowest BCUT2D eigenvalue weighted by Crippen LogP contribution is -2.44. The molecule has 0 aliphatic rings. The Morgan fingerprint density at radius 2 is 1.93 bits per heavy atom. The summed E-state index contributed by atoms with van der Waals surface area (Å²) in [5.74, 6) is 3.09. The van der Waals surface area contributed by atoms with Crippen molar-refractivity contribution in [1.29, 1.82) is 0 Å². The molecule has 0 aliphatic heterocycles. The smallest absolute Gasteiger partial charge is 0.323 e. The number of rotatable bonds is 6. The van der Waals surface area contributed by atoms with Gasteiger partial charge in [-0.3, -0.25) is 15.0 Å². The number of hydrogen-bond acceptors (Lipinski definition) is 5. The van der Waals surface area contributed by atoms with E-state index in [2.05, 4.69) is 5.32 Å². The quantitative estimate of drug-likeness (QED) is 0.149. The molecule has 0 aromatic carbocycles. The maximum Gasteiger partial charge on any atom is 0.323 e. The molecular weight excluding hydrogens is 190 g/mol. The molecule has 0 rings (SSSR count). The first kappa shape index (κ1) is 12.8. The number of nitrogens with one attached hydrogen (secondary N) is 2. The number of hydrazine groups is 1. The highest BCUT2D eigenvalue weighted by Crippen LogP contribution is 1.75. The second kappa shape index (κ2) is 8.42. The summed E-state index contributed by atoms with van der Waals surface area (Å²) in [4.78, 5) is 21.3. The van der Waals surface area contributed by atoms with Crippen molar-refractivity contribution in [2.75, 3.05) is 33.5 Å². The van der Waals surface area contributed by atoms with Gasteiger partial charge in [-0.25, -0.2) is 5.84 Å². The molecule has 0 saturated carbocycles. The van der Waals surface area contributed by atoms with Crippen molar-refractivity contribution in [2.45, 2.75) is 0 Å². The maximum atomic E-state index is 10.8. The molecule has 0 radical (unpaired) electrons. The van der Waals surface area contributed by atoms with Crippen LogP contribution in [-0.2, 0) is 19.1 Å². The zero-order valence-corrected chi connectivity index (χ0v) is 8.04. The molecule has 4 N–H and O–H groups in total. The Bertz CT molecular complexity index is 186. The van der Waals surface area contributed by atoms with Gasteiger partial charge in [0.1, 0.15) is 0 Å². The topological polar surface area (TPSA) is 103 Å². The Hall–Kier alpha value is -1.18. The van der Waals surface area contributed by atoms with Crippen molar-refractivity contribution in [3.63, 3.8) is 0 Å². The summed E-state index contributed by atoms with van der Waals surface area (Å²) >= 11 is 0. The van der Waals surface area contributed by atoms with Crippen molar-refractivity contribution in [3.05, 3.63) is 0 Å². The van der Waals surface area contributed by atoms with Gasteiger partial charge in [-0.1, -0.05) is 0 Å². The van der Waals surface area contributed by atoms with E-state index in [1.54, 1.807) is 12.5 Å². The minimum Gasteiger partial charge on any atom is -0.382 e. The number of hydrogen-bond donors (Lipinski definition) is 3. The van der Waals surface area contributed by atoms with Gasteiger partial charge in [0, 0.05) is 13.7 Å². The average molecular weight is 205 g/mol. The third-order valence-electron chi connectivity index (χ3n) is 1.30. The first-order chi connectivity index (χ1) is 6.72. The molecule has 0 spiro atoms. The van der Waals surface area contributed by atoms with E-state index in [0.29, 0.717) is 19.8 Å². The van der Waals surface area contributed by atoms with Crippen LogP contribution in [0.5, 0.6) is 0 Å². The summed E-state index contributed by atoms with van der Waals surface area (Å²) in [7, 11) is 1.57. The molecular formula is C7H15N3O4. The maximum absolute atomic E-state index is 10.8. The van der Waals surface area contributed by atoms with Crippen LogP contribution in [0, 0.1) is 0 Å². The van der Waals surface area contributed by atoms with Gasteiger partial charge in [0.2, 0.25) is 0 Å². The lowest BCUT2D eigenvalue weighted by molar-refractivity contribution is -0.139. The van der Waals surface area contributed by atoms with Gasteiger partial charge in [-0.2, -0.15) is 0 Å². The van der Waals surface area contributed by atoms with E-state index in [1.165, 1.54) is 0 Å². The molecule has 0 unspecified atom stereocenters. The Kier molecular flexibility index (Phi) is 7.71. The fourth-order valence-corrected chi connectivity index (χ4v) is 0.627. The van der Waals surface area contributed by atoms with Crippen molar-refractivity contribution in [2.24, 2.45) is 5.84 Å². The van der Waals surface area contributed by atoms with Gasteiger partial charge in [0.15, 0.2) is 0 Å². The molecule has 0 aliphatic carbocycles. The average Bonchev–Trinajstić information content (AvgIpc) is 2.21. The van der Waals surface area contributed by atoms with Crippen LogP contribution < -0.4 is 16.6 Å². The van der Waals surface area contributed by atoms with E-state index >= 15 is 0 Å². The number of carbonyl (C=O) groups excluding carboxylic acids is 2. The monoisotopic (exact) mass is 205 g/mol. The van der Waals surface area contributed by atoms with Gasteiger partial charge >= 0.3 is 11.8 Å². The predicted octanol–water partition coefficient (Wildman–Crippen LogP) is -2.24. The lowest BCUT2D eigenvalue weighted by atomic mass is 10.5. The molecule has 0 fully saturated rings. The van der Waals surface area contributed by atoms with Gasteiger partial charge in [0.05, 0.1) is 19.8 Å². The van der Waals surface area contributed by atoms with Crippen LogP contribution >= 0.6 is 0 Å². The number of amides is 2. The molecule has 0 atom stereocenters. The molecule has 0 aromatic heterocycles. The van der Waals surface area contributed by atoms with Gasteiger partial charge in [-0.05, 0) is 0 Å². The lowest BCUT2D eigenvalue weighted by Gasteiger charge is -2.04. The molecule has 82 valence electrons. The van der Waals surface area contributed by atoms with Gasteiger partial charge in [-0.15, -0.1) is 0 Å². The fraction of sp³-hybridized carbons (Fsp3) is 0.714. The van der Waals surface area contributed by atoms with Crippen LogP contribution in [-0.4, -0.2) is 45.3 Å². The SMILES string of the molecule is COCCOCCNC(=O)C(=O)NN. The van der Waals surface area contributed by atoms with Crippen LogP contribution in [0.1, 0.15) is 0 Å². The van der Waals surface area contributed by atoms with E-state index in [0.717, 1.165) is 0 Å². The summed E-state index contributed by atoms with van der Waals surface area (Å²) in [5.41, 5.74) is 1.71. The molecule has 14 heavy (non-hydrogen) atoms. The third-order valence-corrected chi connectivity index (χ3v) is 1.30. The van der Waals surface area contributed by atoms with E-state index in [9.17, 15) is 9.59 Å². The second-order valence-corrected chi connectivity index (χ2v) is 2.33. The molecule has 0 aromatic rings. The van der Waals surface area contributed by atoms with Crippen LogP contribution in [0.15, 0.2) is 0 Å². The molecule has 0 heterocycles. The van der Waals surface area contributed by atoms with E-state index in [-0.39, 0.29) is 6.54 Å². The summed E-state index contributed by atoms with van der Waals surface area (Å²) in [6.45, 7) is 1.54. The number of methoxy groups -OCH3 is 1. The highest BCUT2D eigenvalue weighted by molar-refractivity contribution is 6.34. The standard InChI is InChI=1S/C7H15N3O4/c1-13-4-5-14-3-2-9-6(11)7(12)10-8/h2-5,8H2,1H3,(H,9,11)(H,10,12). The third kappa shape index (κ3) is 6.35. The van der Waals surface area contributed by atoms with Crippen molar-refractivity contribution in [1.82, 2.24) is 10.7 Å². The summed E-state index contributed by atoms with van der Waals surface area (Å²) in [5, 5.41) is 2.31. The van der Waals surface area contributed by atoms with Gasteiger partial charge in [0.25, 0.3) is 0 Å². The van der Waals surface area contributed by atoms with Crippen molar-refractivity contribution < 1.29 is 19.1 Å². The number of nitrogens with two attached hydrogens (primary N) is 1. The normalized spacial score (nSPS) is 9.57. The fourth-order valence-electron chi connectivity index (χ4n) is 0.627. The minimum absolute atomic E-state index is 0.260. The van der Waals surface area contributed by atoms with Gasteiger partial charge < -0.3 is 14.8 Å². The minimum atomic E-state index is -0.873. The first-order valence-corrected chi connectivity index (χ1v) is 4.07. The molecule has 0 bridgehead atoms. The molecule has 7 nitrogen and oxygen atoms in total. The Morgan fingerprint density at radius 3 is 2.50 bits per heavy atom. The summed E-state index contributed by atoms with van der Waals surface area (Å²) in [6.07, 6.45) is 0. The van der Waals surface area contributed by atoms with E-state index < -0.39 is 11.8 Å². The van der Waals surface area contributed by atoms with Crippen molar-refractivity contribution in [3.8, 4) is 0 Å². The highest BCUT2D eigenvalue weighted by Gasteiger charge is 2.09.